The molecule has 3 aliphatic carbocycles. The van der Waals surface area contributed by atoms with Crippen LogP contribution in [-0.4, -0.2) is 58.3 Å². The van der Waals surface area contributed by atoms with Crippen LogP contribution < -0.4 is 10.5 Å². The largest absolute Gasteiger partial charge is 0.507 e. The number of hydrogen-bond donors (Lipinski definition) is 3. The zero-order valence-corrected chi connectivity index (χ0v) is 26.4. The van der Waals surface area contributed by atoms with Gasteiger partial charge in [-0.05, 0) is 49.7 Å². The Morgan fingerprint density at radius 2 is 1.48 bits per heavy atom. The van der Waals surface area contributed by atoms with Crippen molar-refractivity contribution in [1.29, 1.82) is 0 Å². The van der Waals surface area contributed by atoms with Gasteiger partial charge < -0.3 is 25.4 Å². The maximum absolute atomic E-state index is 14.7. The van der Waals surface area contributed by atoms with E-state index >= 15 is 0 Å². The highest BCUT2D eigenvalue weighted by atomic mass is 16.5. The molecule has 238 valence electrons. The molecule has 3 aromatic carbocycles. The molecule has 9 heteroatoms. The fraction of sp³-hybridized carbons (Fsp3) is 0.324. The number of hydrogen-bond acceptors (Lipinski definition) is 8. The van der Waals surface area contributed by atoms with Gasteiger partial charge >= 0.3 is 0 Å². The molecular weight excluding hydrogens is 584 g/mol. The zero-order chi connectivity index (χ0) is 33.0. The van der Waals surface area contributed by atoms with Gasteiger partial charge in [0.15, 0.2) is 5.60 Å². The number of aliphatic hydroxyl groups excluding tert-OH is 1. The van der Waals surface area contributed by atoms with Crippen molar-refractivity contribution in [1.82, 2.24) is 4.90 Å². The highest BCUT2D eigenvalue weighted by Gasteiger charge is 2.73. The number of nitrogens with zero attached hydrogens (tertiary/aromatic N) is 1. The van der Waals surface area contributed by atoms with Crippen molar-refractivity contribution in [2.24, 2.45) is 16.6 Å². The topological polar surface area (TPSA) is 139 Å². The van der Waals surface area contributed by atoms with Gasteiger partial charge in [-0.2, -0.15) is 0 Å². The van der Waals surface area contributed by atoms with Gasteiger partial charge in [-0.15, -0.1) is 0 Å². The van der Waals surface area contributed by atoms with Gasteiger partial charge in [0, 0.05) is 16.4 Å². The van der Waals surface area contributed by atoms with Crippen molar-refractivity contribution < 1.29 is 34.1 Å². The molecule has 0 spiro atoms. The van der Waals surface area contributed by atoms with E-state index in [-0.39, 0.29) is 36.7 Å². The third kappa shape index (κ3) is 4.65. The van der Waals surface area contributed by atoms with Gasteiger partial charge in [0.05, 0.1) is 11.6 Å². The van der Waals surface area contributed by atoms with E-state index in [4.69, 9.17) is 15.2 Å². The molecule has 0 saturated heterocycles. The van der Waals surface area contributed by atoms with Crippen molar-refractivity contribution in [2.75, 3.05) is 14.1 Å². The van der Waals surface area contributed by atoms with Crippen molar-refractivity contribution in [3.05, 3.63) is 118 Å². The minimum Gasteiger partial charge on any atom is -0.507 e. The number of ether oxygens (including phenoxy) is 2. The average Bonchev–Trinajstić information content (AvgIpc) is 3.01. The monoisotopic (exact) mass is 622 g/mol. The van der Waals surface area contributed by atoms with Gasteiger partial charge in [-0.1, -0.05) is 86.6 Å². The van der Waals surface area contributed by atoms with Crippen LogP contribution in [0.3, 0.4) is 0 Å². The molecule has 1 fully saturated rings. The average molecular weight is 623 g/mol. The van der Waals surface area contributed by atoms with E-state index in [0.29, 0.717) is 17.7 Å². The summed E-state index contributed by atoms with van der Waals surface area (Å²) in [6, 6.07) is 23.3. The number of carbonyl (C=O) groups is 3. The fourth-order valence-electron chi connectivity index (χ4n) is 7.98. The van der Waals surface area contributed by atoms with Crippen LogP contribution >= 0.6 is 0 Å². The minimum absolute atomic E-state index is 0.0133. The lowest BCUT2D eigenvalue weighted by atomic mass is 9.45. The Morgan fingerprint density at radius 1 is 0.891 bits per heavy atom. The highest BCUT2D eigenvalue weighted by molar-refractivity contribution is 6.33. The van der Waals surface area contributed by atoms with Crippen LogP contribution in [0, 0.1) is 10.8 Å². The van der Waals surface area contributed by atoms with Gasteiger partial charge in [0.2, 0.25) is 11.6 Å². The molecule has 0 radical (unpaired) electrons. The second-order valence-electron chi connectivity index (χ2n) is 13.2. The number of benzene rings is 3. The first-order chi connectivity index (χ1) is 21.8. The molecule has 4 atom stereocenters. The zero-order valence-electron chi connectivity index (χ0n) is 26.4. The predicted octanol–water partition coefficient (Wildman–Crippen LogP) is 4.28. The number of primary amides is 1. The van der Waals surface area contributed by atoms with E-state index in [0.717, 1.165) is 16.7 Å². The number of amides is 1. The number of ketones is 2. The summed E-state index contributed by atoms with van der Waals surface area (Å²) in [5.74, 6) is -3.16. The number of aliphatic hydroxyl groups is 2. The first-order valence-electron chi connectivity index (χ1n) is 15.3. The lowest BCUT2D eigenvalue weighted by Gasteiger charge is -2.60. The predicted molar refractivity (Wildman–Crippen MR) is 171 cm³/mol. The van der Waals surface area contributed by atoms with Crippen LogP contribution in [0.2, 0.25) is 0 Å². The molecule has 4 N–H and O–H groups in total. The molecule has 3 aromatic rings. The molecule has 46 heavy (non-hydrogen) atoms. The van der Waals surface area contributed by atoms with Crippen LogP contribution in [0.25, 0.3) is 5.76 Å². The van der Waals surface area contributed by atoms with Gasteiger partial charge in [0.1, 0.15) is 36.1 Å². The Labute approximate surface area is 267 Å². The summed E-state index contributed by atoms with van der Waals surface area (Å²) < 4.78 is 12.4. The Bertz CT molecular complexity index is 1800. The molecule has 0 heterocycles. The van der Waals surface area contributed by atoms with E-state index in [1.807, 2.05) is 79.7 Å². The van der Waals surface area contributed by atoms with E-state index in [1.165, 1.54) is 0 Å². The van der Waals surface area contributed by atoms with E-state index in [9.17, 15) is 24.6 Å². The number of carbonyl (C=O) groups excluding carboxylic acids is 3. The number of Topliss-reactive ketones (excluding diaryl/α,β-unsaturated/α-hetero) is 2. The number of rotatable bonds is 8. The van der Waals surface area contributed by atoms with Crippen molar-refractivity contribution in [2.45, 2.75) is 51.5 Å². The standard InChI is InChI=1S/C37H38N2O7/c1-35-18-24-16-11-17-25(45-19-22-12-7-5-8-13-22)26(24)29(40)28(35)33(42)37(44)32(41)27(34(38)43)30(31(39(3)4)36(37,2)21-35)46-20-23-14-9-6-10-15-23/h5-17,31,40,44H,18-21H2,1-4H3,(H2,38,43)/t31-,35+,36+,37-/m1/s1. The number of nitrogens with two attached hydrogens (primary N) is 1. The Hall–Kier alpha value is -4.73. The number of likely N-dealkylation sites (N-methyl/N-ethyl adjacent to an activating group) is 1. The maximum atomic E-state index is 14.7. The van der Waals surface area contributed by atoms with E-state index in [1.54, 1.807) is 32.0 Å². The van der Waals surface area contributed by atoms with Gasteiger partial charge in [0.25, 0.3) is 5.91 Å². The Balaban J connectivity index is 1.48. The third-order valence-electron chi connectivity index (χ3n) is 9.80. The molecule has 1 amide bonds. The van der Waals surface area contributed by atoms with Crippen LogP contribution in [0.15, 0.2) is 95.8 Å². The Morgan fingerprint density at radius 3 is 2.04 bits per heavy atom. The van der Waals surface area contributed by atoms with E-state index < -0.39 is 45.5 Å². The summed E-state index contributed by atoms with van der Waals surface area (Å²) in [4.78, 5) is 43.7. The smallest absolute Gasteiger partial charge is 0.255 e. The second kappa shape index (κ2) is 11.3. The SMILES string of the molecule is CN(C)[C@@H]1C(OCc2ccccc2)=C(C(N)=O)C(=O)[C@@]2(O)C(=O)C3=C(O)c4c(cccc4OCc4ccccc4)C[C@@]3(C)C[C@@]12C. The summed E-state index contributed by atoms with van der Waals surface area (Å²) >= 11 is 0. The molecule has 1 saturated carbocycles. The molecular formula is C37H38N2O7. The first kappa shape index (κ1) is 31.3. The molecule has 9 nitrogen and oxygen atoms in total. The van der Waals surface area contributed by atoms with Crippen LogP contribution in [0.1, 0.15) is 42.5 Å². The normalized spacial score (nSPS) is 27.2. The van der Waals surface area contributed by atoms with Crippen molar-refractivity contribution >= 4 is 23.2 Å². The van der Waals surface area contributed by atoms with Crippen molar-refractivity contribution in [3.8, 4) is 5.75 Å². The lowest BCUT2D eigenvalue weighted by Crippen LogP contribution is -2.74. The number of fused-ring (bicyclic) bond motifs is 3. The van der Waals surface area contributed by atoms with Crippen LogP contribution in [0.5, 0.6) is 5.75 Å². The van der Waals surface area contributed by atoms with Gasteiger partial charge in [-0.25, -0.2) is 0 Å². The second-order valence-corrected chi connectivity index (χ2v) is 13.2. The highest BCUT2D eigenvalue weighted by Crippen LogP contribution is 2.62. The first-order valence-corrected chi connectivity index (χ1v) is 15.3. The minimum atomic E-state index is -2.72. The third-order valence-corrected chi connectivity index (χ3v) is 9.80. The fourth-order valence-corrected chi connectivity index (χ4v) is 7.98. The van der Waals surface area contributed by atoms with Crippen LogP contribution in [-0.2, 0) is 38.8 Å². The summed E-state index contributed by atoms with van der Waals surface area (Å²) in [7, 11) is 3.47. The Kier molecular flexibility index (Phi) is 7.65. The molecule has 0 bridgehead atoms. The molecule has 0 unspecified atom stereocenters. The molecule has 0 aliphatic heterocycles. The lowest BCUT2D eigenvalue weighted by molar-refractivity contribution is -0.181. The van der Waals surface area contributed by atoms with Crippen LogP contribution in [0.4, 0.5) is 0 Å². The van der Waals surface area contributed by atoms with Gasteiger partial charge in [-0.3, -0.25) is 19.3 Å². The summed E-state index contributed by atoms with van der Waals surface area (Å²) in [6.07, 6.45) is 0.442. The van der Waals surface area contributed by atoms with Crippen molar-refractivity contribution in [3.63, 3.8) is 0 Å². The summed E-state index contributed by atoms with van der Waals surface area (Å²) in [5, 5.41) is 24.3. The molecule has 6 rings (SSSR count). The molecule has 3 aliphatic rings. The quantitative estimate of drug-likeness (QED) is 0.250. The summed E-state index contributed by atoms with van der Waals surface area (Å²) in [5.41, 5.74) is 2.80. The maximum Gasteiger partial charge on any atom is 0.255 e. The van der Waals surface area contributed by atoms with E-state index in [2.05, 4.69) is 0 Å². The molecule has 0 aromatic heterocycles. The summed E-state index contributed by atoms with van der Waals surface area (Å²) in [6.45, 7) is 3.80.